The Bertz CT molecular complexity index is 309. The van der Waals surface area contributed by atoms with E-state index in [9.17, 15) is 14.7 Å². The van der Waals surface area contributed by atoms with Gasteiger partial charge < -0.3 is 9.84 Å². The fraction of sp³-hybridized carbons (Fsp3) is 0.692. The molecule has 0 bridgehead atoms. The summed E-state index contributed by atoms with van der Waals surface area (Å²) in [6.07, 6.45) is 5.78. The maximum Gasteiger partial charge on any atom is 0.309 e. The van der Waals surface area contributed by atoms with E-state index >= 15 is 0 Å². The molecule has 17 heavy (non-hydrogen) atoms. The first kappa shape index (κ1) is 13.7. The van der Waals surface area contributed by atoms with E-state index in [0.29, 0.717) is 13.0 Å². The lowest BCUT2D eigenvalue weighted by Crippen LogP contribution is -2.37. The Kier molecular flexibility index (Phi) is 5.19. The molecule has 0 aromatic heterocycles. The van der Waals surface area contributed by atoms with Crippen LogP contribution in [0.5, 0.6) is 0 Å². The summed E-state index contributed by atoms with van der Waals surface area (Å²) in [4.78, 5) is 23.0. The zero-order chi connectivity index (χ0) is 12.8. The number of esters is 1. The number of aliphatic carboxylic acids is 1. The Morgan fingerprint density at radius 1 is 1.35 bits per heavy atom. The Morgan fingerprint density at radius 3 is 2.53 bits per heavy atom. The minimum absolute atomic E-state index is 0.231. The second-order valence-corrected chi connectivity index (χ2v) is 4.34. The van der Waals surface area contributed by atoms with Crippen LogP contribution in [-0.2, 0) is 14.3 Å². The molecular formula is C13H20O4. The average Bonchev–Trinajstić information content (AvgIpc) is 2.29. The number of carboxylic acids is 1. The van der Waals surface area contributed by atoms with E-state index in [-0.39, 0.29) is 17.8 Å². The van der Waals surface area contributed by atoms with Crippen molar-refractivity contribution in [3.63, 3.8) is 0 Å². The predicted molar refractivity (Wildman–Crippen MR) is 63.4 cm³/mol. The van der Waals surface area contributed by atoms with Crippen LogP contribution in [0.25, 0.3) is 0 Å². The Morgan fingerprint density at radius 2 is 2.00 bits per heavy atom. The van der Waals surface area contributed by atoms with Crippen LogP contribution in [-0.4, -0.2) is 23.7 Å². The van der Waals surface area contributed by atoms with Crippen LogP contribution in [0.1, 0.15) is 33.1 Å². The molecule has 0 aromatic rings. The molecule has 1 saturated carbocycles. The Labute approximate surface area is 102 Å². The standard InChI is InChI=1S/C13H20O4/c1-3-6-9-10(12(14)15)7-5-8-11(9)13(16)17-4-2/h3,6,9-11H,4-5,7-8H2,1-2H3,(H,14,15)/b6-3+/t9-,10-,11+/m0/s1. The molecule has 3 atom stereocenters. The molecule has 0 heterocycles. The van der Waals surface area contributed by atoms with Gasteiger partial charge in [-0.2, -0.15) is 0 Å². The monoisotopic (exact) mass is 240 g/mol. The van der Waals surface area contributed by atoms with E-state index in [2.05, 4.69) is 0 Å². The van der Waals surface area contributed by atoms with E-state index in [1.807, 2.05) is 19.1 Å². The van der Waals surface area contributed by atoms with Crippen LogP contribution in [0.3, 0.4) is 0 Å². The highest BCUT2D eigenvalue weighted by atomic mass is 16.5. The SMILES string of the molecule is C/C=C/[C@H]1[C@@H](C(=O)O)CCC[C@H]1C(=O)OCC. The Balaban J connectivity index is 2.86. The molecule has 1 rings (SSSR count). The summed E-state index contributed by atoms with van der Waals surface area (Å²) in [5.41, 5.74) is 0. The van der Waals surface area contributed by atoms with E-state index in [1.165, 1.54) is 0 Å². The largest absolute Gasteiger partial charge is 0.481 e. The first-order valence-electron chi connectivity index (χ1n) is 6.14. The summed E-state index contributed by atoms with van der Waals surface area (Å²) >= 11 is 0. The summed E-state index contributed by atoms with van der Waals surface area (Å²) in [6, 6.07) is 0. The highest BCUT2D eigenvalue weighted by Gasteiger charge is 2.40. The molecule has 0 saturated heterocycles. The van der Waals surface area contributed by atoms with Gasteiger partial charge >= 0.3 is 11.9 Å². The van der Waals surface area contributed by atoms with Gasteiger partial charge in [-0.25, -0.2) is 0 Å². The van der Waals surface area contributed by atoms with Gasteiger partial charge in [0.05, 0.1) is 18.4 Å². The topological polar surface area (TPSA) is 63.6 Å². The summed E-state index contributed by atoms with van der Waals surface area (Å²) in [5.74, 6) is -2.08. The highest BCUT2D eigenvalue weighted by molar-refractivity contribution is 5.77. The summed E-state index contributed by atoms with van der Waals surface area (Å²) in [6.45, 7) is 3.95. The van der Waals surface area contributed by atoms with Crippen molar-refractivity contribution >= 4 is 11.9 Å². The van der Waals surface area contributed by atoms with Gasteiger partial charge in [-0.3, -0.25) is 9.59 Å². The van der Waals surface area contributed by atoms with Gasteiger partial charge in [0.1, 0.15) is 0 Å². The van der Waals surface area contributed by atoms with E-state index in [4.69, 9.17) is 4.74 Å². The summed E-state index contributed by atoms with van der Waals surface area (Å²) in [7, 11) is 0. The van der Waals surface area contributed by atoms with Crippen molar-refractivity contribution in [3.8, 4) is 0 Å². The highest BCUT2D eigenvalue weighted by Crippen LogP contribution is 2.36. The van der Waals surface area contributed by atoms with Crippen molar-refractivity contribution < 1.29 is 19.4 Å². The molecule has 0 aliphatic heterocycles. The van der Waals surface area contributed by atoms with Crippen LogP contribution in [0.15, 0.2) is 12.2 Å². The van der Waals surface area contributed by atoms with Gasteiger partial charge in [0.25, 0.3) is 0 Å². The number of carbonyl (C=O) groups is 2. The Hall–Kier alpha value is -1.32. The van der Waals surface area contributed by atoms with Crippen LogP contribution < -0.4 is 0 Å². The number of ether oxygens (including phenoxy) is 1. The van der Waals surface area contributed by atoms with Crippen molar-refractivity contribution in [1.82, 2.24) is 0 Å². The molecule has 0 radical (unpaired) electrons. The minimum atomic E-state index is -0.818. The van der Waals surface area contributed by atoms with Crippen LogP contribution in [0, 0.1) is 17.8 Å². The summed E-state index contributed by atoms with van der Waals surface area (Å²) < 4.78 is 5.02. The minimum Gasteiger partial charge on any atom is -0.481 e. The van der Waals surface area contributed by atoms with Crippen LogP contribution in [0.4, 0.5) is 0 Å². The molecule has 1 N–H and O–H groups in total. The summed E-state index contributed by atoms with van der Waals surface area (Å²) in [5, 5.41) is 9.18. The molecule has 0 spiro atoms. The average molecular weight is 240 g/mol. The molecular weight excluding hydrogens is 220 g/mol. The fourth-order valence-corrected chi connectivity index (χ4v) is 2.53. The van der Waals surface area contributed by atoms with Crippen molar-refractivity contribution in [2.75, 3.05) is 6.61 Å². The lowest BCUT2D eigenvalue weighted by Gasteiger charge is -2.32. The molecule has 1 aliphatic carbocycles. The smallest absolute Gasteiger partial charge is 0.309 e. The molecule has 4 nitrogen and oxygen atoms in total. The number of hydrogen-bond acceptors (Lipinski definition) is 3. The van der Waals surface area contributed by atoms with Gasteiger partial charge in [-0.05, 0) is 26.7 Å². The number of allylic oxidation sites excluding steroid dienone is 2. The number of rotatable bonds is 4. The molecule has 96 valence electrons. The number of carboxylic acid groups (broad SMARTS) is 1. The maximum atomic E-state index is 11.8. The van der Waals surface area contributed by atoms with Crippen molar-refractivity contribution in [2.45, 2.75) is 33.1 Å². The number of hydrogen-bond donors (Lipinski definition) is 1. The zero-order valence-corrected chi connectivity index (χ0v) is 10.4. The third-order valence-electron chi connectivity index (χ3n) is 3.28. The fourth-order valence-electron chi connectivity index (χ4n) is 2.53. The maximum absolute atomic E-state index is 11.8. The first-order valence-corrected chi connectivity index (χ1v) is 6.14. The second kappa shape index (κ2) is 6.42. The van der Waals surface area contributed by atoms with E-state index in [0.717, 1.165) is 12.8 Å². The van der Waals surface area contributed by atoms with Gasteiger partial charge in [0.15, 0.2) is 0 Å². The lowest BCUT2D eigenvalue weighted by atomic mass is 9.72. The zero-order valence-electron chi connectivity index (χ0n) is 10.4. The van der Waals surface area contributed by atoms with E-state index < -0.39 is 11.9 Å². The molecule has 1 fully saturated rings. The third kappa shape index (κ3) is 3.32. The van der Waals surface area contributed by atoms with Gasteiger partial charge in [0, 0.05) is 5.92 Å². The number of carbonyl (C=O) groups excluding carboxylic acids is 1. The third-order valence-corrected chi connectivity index (χ3v) is 3.28. The van der Waals surface area contributed by atoms with Crippen LogP contribution >= 0.6 is 0 Å². The molecule has 0 amide bonds. The lowest BCUT2D eigenvalue weighted by molar-refractivity contribution is -0.154. The van der Waals surface area contributed by atoms with Gasteiger partial charge in [0.2, 0.25) is 0 Å². The second-order valence-electron chi connectivity index (χ2n) is 4.34. The van der Waals surface area contributed by atoms with Crippen molar-refractivity contribution in [3.05, 3.63) is 12.2 Å². The quantitative estimate of drug-likeness (QED) is 0.604. The predicted octanol–water partition coefficient (Wildman–Crippen LogP) is 2.24. The normalized spacial score (nSPS) is 29.2. The van der Waals surface area contributed by atoms with Crippen LogP contribution in [0.2, 0.25) is 0 Å². The molecule has 1 aliphatic rings. The van der Waals surface area contributed by atoms with Crippen molar-refractivity contribution in [1.29, 1.82) is 0 Å². The molecule has 0 unspecified atom stereocenters. The first-order chi connectivity index (χ1) is 8.11. The van der Waals surface area contributed by atoms with Crippen molar-refractivity contribution in [2.24, 2.45) is 17.8 Å². The molecule has 4 heteroatoms. The van der Waals surface area contributed by atoms with E-state index in [1.54, 1.807) is 6.92 Å². The molecule has 0 aromatic carbocycles. The van der Waals surface area contributed by atoms with Gasteiger partial charge in [-0.15, -0.1) is 0 Å². The van der Waals surface area contributed by atoms with Gasteiger partial charge in [-0.1, -0.05) is 18.6 Å².